The number of carboxylic acids is 1. The topological polar surface area (TPSA) is 98.3 Å². The molecule has 0 saturated carbocycles. The molecule has 0 aliphatic heterocycles. The van der Waals surface area contributed by atoms with Gasteiger partial charge in [0.05, 0.1) is 10.5 Å². The molecule has 7 nitrogen and oxygen atoms in total. The second-order valence-corrected chi connectivity index (χ2v) is 5.20. The van der Waals surface area contributed by atoms with Crippen molar-refractivity contribution in [2.75, 3.05) is 0 Å². The Balaban J connectivity index is 2.38. The van der Waals surface area contributed by atoms with Gasteiger partial charge < -0.3 is 5.11 Å². The van der Waals surface area contributed by atoms with Crippen LogP contribution in [0.5, 0.6) is 0 Å². The van der Waals surface area contributed by atoms with Crippen molar-refractivity contribution in [2.24, 2.45) is 7.05 Å². The first-order valence-corrected chi connectivity index (χ1v) is 6.40. The molecule has 0 fully saturated rings. The monoisotopic (exact) mass is 293 g/mol. The summed E-state index contributed by atoms with van der Waals surface area (Å²) in [6, 6.07) is 4.87. The Labute approximate surface area is 118 Å². The maximum atomic E-state index is 11.1. The van der Waals surface area contributed by atoms with E-state index in [4.69, 9.17) is 5.11 Å². The van der Waals surface area contributed by atoms with Crippen molar-refractivity contribution in [2.45, 2.75) is 16.8 Å². The first-order chi connectivity index (χ1) is 9.38. The average Bonchev–Trinajstić information content (AvgIpc) is 2.72. The highest BCUT2D eigenvalue weighted by Crippen LogP contribution is 2.34. The standard InChI is InChI=1S/C12H11N3O4S/c1-7-3-4-8(5-9(7)12(16)17)20-11-10(15(18)19)6-14(2)13-11/h3-6H,1-2H3,(H,16,17). The van der Waals surface area contributed by atoms with Gasteiger partial charge in [0.25, 0.3) is 0 Å². The molecular weight excluding hydrogens is 282 g/mol. The molecule has 104 valence electrons. The van der Waals surface area contributed by atoms with Gasteiger partial charge in [-0.25, -0.2) is 4.79 Å². The summed E-state index contributed by atoms with van der Waals surface area (Å²) in [7, 11) is 1.59. The van der Waals surface area contributed by atoms with Gasteiger partial charge in [0.1, 0.15) is 6.20 Å². The molecule has 0 unspecified atom stereocenters. The third-order valence-corrected chi connectivity index (χ3v) is 3.60. The van der Waals surface area contributed by atoms with Crippen LogP contribution in [0, 0.1) is 17.0 Å². The Morgan fingerprint density at radius 3 is 2.80 bits per heavy atom. The molecule has 0 radical (unpaired) electrons. The molecule has 1 aromatic carbocycles. The Morgan fingerprint density at radius 2 is 2.20 bits per heavy atom. The van der Waals surface area contributed by atoms with Crippen molar-refractivity contribution in [1.29, 1.82) is 0 Å². The van der Waals surface area contributed by atoms with E-state index in [-0.39, 0.29) is 16.3 Å². The highest BCUT2D eigenvalue weighted by molar-refractivity contribution is 7.99. The van der Waals surface area contributed by atoms with Crippen LogP contribution in [-0.2, 0) is 7.05 Å². The van der Waals surface area contributed by atoms with E-state index in [1.807, 2.05) is 0 Å². The van der Waals surface area contributed by atoms with E-state index in [0.717, 1.165) is 11.8 Å². The number of nitrogens with zero attached hydrogens (tertiary/aromatic N) is 3. The Morgan fingerprint density at radius 1 is 1.50 bits per heavy atom. The number of carboxylic acid groups (broad SMARTS) is 1. The van der Waals surface area contributed by atoms with Gasteiger partial charge in [0, 0.05) is 11.9 Å². The molecule has 0 amide bonds. The highest BCUT2D eigenvalue weighted by Gasteiger charge is 2.20. The van der Waals surface area contributed by atoms with Crippen LogP contribution in [0.2, 0.25) is 0 Å². The number of aryl methyl sites for hydroxylation is 2. The lowest BCUT2D eigenvalue weighted by Crippen LogP contribution is -1.99. The van der Waals surface area contributed by atoms with E-state index in [1.54, 1.807) is 26.1 Å². The lowest BCUT2D eigenvalue weighted by atomic mass is 10.1. The highest BCUT2D eigenvalue weighted by atomic mass is 32.2. The van der Waals surface area contributed by atoms with E-state index in [0.29, 0.717) is 10.5 Å². The summed E-state index contributed by atoms with van der Waals surface area (Å²) in [6.45, 7) is 1.70. The van der Waals surface area contributed by atoms with E-state index in [9.17, 15) is 14.9 Å². The number of rotatable bonds is 4. The van der Waals surface area contributed by atoms with Gasteiger partial charge in [0.15, 0.2) is 0 Å². The zero-order valence-electron chi connectivity index (χ0n) is 10.7. The number of hydrogen-bond donors (Lipinski definition) is 1. The van der Waals surface area contributed by atoms with Crippen LogP contribution in [-0.4, -0.2) is 25.8 Å². The van der Waals surface area contributed by atoms with E-state index in [2.05, 4.69) is 5.10 Å². The first kappa shape index (κ1) is 14.1. The molecular formula is C12H11N3O4S. The maximum absolute atomic E-state index is 11.1. The predicted octanol–water partition coefficient (Wildman–Crippen LogP) is 2.49. The van der Waals surface area contributed by atoms with Gasteiger partial charge in [-0.2, -0.15) is 5.10 Å². The van der Waals surface area contributed by atoms with Crippen molar-refractivity contribution in [3.05, 3.63) is 45.6 Å². The molecule has 0 atom stereocenters. The fraction of sp³-hybridized carbons (Fsp3) is 0.167. The Kier molecular flexibility index (Phi) is 3.75. The lowest BCUT2D eigenvalue weighted by molar-refractivity contribution is -0.387. The van der Waals surface area contributed by atoms with Gasteiger partial charge in [-0.3, -0.25) is 14.8 Å². The fourth-order valence-electron chi connectivity index (χ4n) is 1.66. The van der Waals surface area contributed by atoms with E-state index < -0.39 is 10.9 Å². The van der Waals surface area contributed by atoms with Crippen molar-refractivity contribution in [1.82, 2.24) is 9.78 Å². The first-order valence-electron chi connectivity index (χ1n) is 5.58. The minimum atomic E-state index is -1.03. The minimum Gasteiger partial charge on any atom is -0.478 e. The molecule has 20 heavy (non-hydrogen) atoms. The summed E-state index contributed by atoms with van der Waals surface area (Å²) < 4.78 is 1.35. The van der Waals surface area contributed by atoms with Gasteiger partial charge in [0.2, 0.25) is 5.03 Å². The van der Waals surface area contributed by atoms with Crippen LogP contribution in [0.15, 0.2) is 34.3 Å². The molecule has 2 aromatic rings. The molecule has 0 spiro atoms. The lowest BCUT2D eigenvalue weighted by Gasteiger charge is -2.03. The van der Waals surface area contributed by atoms with Gasteiger partial charge in [-0.05, 0) is 24.6 Å². The predicted molar refractivity (Wildman–Crippen MR) is 72.1 cm³/mol. The van der Waals surface area contributed by atoms with Crippen LogP contribution in [0.25, 0.3) is 0 Å². The van der Waals surface area contributed by atoms with Crippen LogP contribution in [0.3, 0.4) is 0 Å². The molecule has 1 aromatic heterocycles. The molecule has 0 bridgehead atoms. The number of hydrogen-bond acceptors (Lipinski definition) is 5. The number of aromatic carboxylic acids is 1. The number of nitro groups is 1. The van der Waals surface area contributed by atoms with Crippen molar-refractivity contribution in [3.63, 3.8) is 0 Å². The third-order valence-electron chi connectivity index (χ3n) is 2.63. The molecule has 1 N–H and O–H groups in total. The van der Waals surface area contributed by atoms with Crippen molar-refractivity contribution >= 4 is 23.4 Å². The second kappa shape index (κ2) is 5.33. The number of carbonyl (C=O) groups is 1. The van der Waals surface area contributed by atoms with Crippen LogP contribution < -0.4 is 0 Å². The van der Waals surface area contributed by atoms with E-state index >= 15 is 0 Å². The normalized spacial score (nSPS) is 10.5. The quantitative estimate of drug-likeness (QED) is 0.687. The smallest absolute Gasteiger partial charge is 0.335 e. The molecule has 1 heterocycles. The summed E-state index contributed by atoms with van der Waals surface area (Å²) in [6.07, 6.45) is 1.31. The third kappa shape index (κ3) is 2.80. The molecule has 0 aliphatic carbocycles. The van der Waals surface area contributed by atoms with Crippen LogP contribution in [0.1, 0.15) is 15.9 Å². The summed E-state index contributed by atoms with van der Waals surface area (Å²) in [5.41, 5.74) is 0.709. The summed E-state index contributed by atoms with van der Waals surface area (Å²) in [5.74, 6) is -1.03. The molecule has 0 aliphatic rings. The van der Waals surface area contributed by atoms with Gasteiger partial charge in [-0.15, -0.1) is 0 Å². The zero-order valence-corrected chi connectivity index (χ0v) is 11.5. The maximum Gasteiger partial charge on any atom is 0.335 e. The Bertz CT molecular complexity index is 696. The summed E-state index contributed by atoms with van der Waals surface area (Å²) in [4.78, 5) is 22.0. The molecule has 8 heteroatoms. The van der Waals surface area contributed by atoms with E-state index in [1.165, 1.54) is 16.9 Å². The van der Waals surface area contributed by atoms with Crippen LogP contribution in [0.4, 0.5) is 5.69 Å². The number of aromatic nitrogens is 2. The molecule has 2 rings (SSSR count). The fourth-order valence-corrected chi connectivity index (χ4v) is 2.60. The van der Waals surface area contributed by atoms with Gasteiger partial charge >= 0.3 is 11.7 Å². The van der Waals surface area contributed by atoms with Crippen molar-refractivity contribution in [3.8, 4) is 0 Å². The van der Waals surface area contributed by atoms with Crippen molar-refractivity contribution < 1.29 is 14.8 Å². The average molecular weight is 293 g/mol. The largest absolute Gasteiger partial charge is 0.478 e. The number of benzene rings is 1. The Hall–Kier alpha value is -2.35. The summed E-state index contributed by atoms with van der Waals surface area (Å²) >= 11 is 1.07. The van der Waals surface area contributed by atoms with Gasteiger partial charge in [-0.1, -0.05) is 17.8 Å². The summed E-state index contributed by atoms with van der Waals surface area (Å²) in [5, 5.41) is 24.2. The second-order valence-electron chi connectivity index (χ2n) is 4.13. The minimum absolute atomic E-state index is 0.102. The molecule has 0 saturated heterocycles. The zero-order chi connectivity index (χ0) is 14.9. The van der Waals surface area contributed by atoms with Crippen LogP contribution >= 0.6 is 11.8 Å². The SMILES string of the molecule is Cc1ccc(Sc2nn(C)cc2[N+](=O)[O-])cc1C(=O)O.